The number of fused-ring (bicyclic) bond motifs is 4. The summed E-state index contributed by atoms with van der Waals surface area (Å²) < 4.78 is 28.4. The van der Waals surface area contributed by atoms with Crippen LogP contribution in [0.3, 0.4) is 0 Å². The van der Waals surface area contributed by atoms with E-state index in [-0.39, 0.29) is 36.3 Å². The maximum atomic E-state index is 13.5. The first-order chi connectivity index (χ1) is 17.7. The van der Waals surface area contributed by atoms with Gasteiger partial charge in [-0.15, -0.1) is 0 Å². The zero-order valence-corrected chi connectivity index (χ0v) is 22.8. The predicted octanol–water partition coefficient (Wildman–Crippen LogP) is 3.45. The third-order valence-electron chi connectivity index (χ3n) is 9.43. The predicted molar refractivity (Wildman–Crippen MR) is 138 cm³/mol. The number of rotatable bonds is 4. The Bertz CT molecular complexity index is 1400. The number of ketones is 1. The Labute approximate surface area is 221 Å². The lowest BCUT2D eigenvalue weighted by Gasteiger charge is -2.68. The minimum absolute atomic E-state index is 0.104. The van der Waals surface area contributed by atoms with E-state index in [0.717, 1.165) is 0 Å². The monoisotopic (exact) mass is 526 g/mol. The van der Waals surface area contributed by atoms with Crippen molar-refractivity contribution >= 4 is 5.78 Å². The van der Waals surface area contributed by atoms with Crippen LogP contribution < -0.4 is 24.6 Å². The minimum Gasteiger partial charge on any atom is -0.493 e. The van der Waals surface area contributed by atoms with Crippen molar-refractivity contribution in [1.29, 1.82) is 0 Å². The molecule has 0 spiro atoms. The van der Waals surface area contributed by atoms with Gasteiger partial charge in [-0.05, 0) is 44.9 Å². The number of carbonyl (C=O) groups is 1. The van der Waals surface area contributed by atoms with E-state index in [1.54, 1.807) is 38.1 Å². The fourth-order valence-electron chi connectivity index (χ4n) is 6.82. The van der Waals surface area contributed by atoms with Gasteiger partial charge in [0.25, 0.3) is 0 Å². The fraction of sp³-hybridized carbons (Fsp3) is 0.517. The van der Waals surface area contributed by atoms with Gasteiger partial charge in [0, 0.05) is 23.5 Å². The van der Waals surface area contributed by atoms with Crippen LogP contribution in [0, 0.1) is 10.8 Å². The van der Waals surface area contributed by atoms with Gasteiger partial charge in [-0.1, -0.05) is 19.9 Å². The number of methoxy groups -OCH3 is 3. The van der Waals surface area contributed by atoms with Crippen molar-refractivity contribution in [2.75, 3.05) is 21.3 Å². The third kappa shape index (κ3) is 3.06. The molecule has 0 radical (unpaired) electrons. The average Bonchev–Trinajstić information content (AvgIpc) is 2.88. The highest BCUT2D eigenvalue weighted by Gasteiger charge is 2.77. The maximum Gasteiger partial charge on any atom is 0.343 e. The number of aliphatic hydroxyl groups is 2. The van der Waals surface area contributed by atoms with Crippen LogP contribution in [0.5, 0.6) is 23.0 Å². The molecule has 2 N–H and O–H groups in total. The van der Waals surface area contributed by atoms with Crippen LogP contribution in [0.2, 0.25) is 0 Å². The molecule has 1 aromatic heterocycles. The molecule has 2 aromatic rings. The number of allylic oxidation sites excluding steroid dienone is 1. The van der Waals surface area contributed by atoms with Crippen LogP contribution >= 0.6 is 0 Å². The molecule has 0 saturated heterocycles. The van der Waals surface area contributed by atoms with Gasteiger partial charge in [-0.3, -0.25) is 4.79 Å². The van der Waals surface area contributed by atoms with E-state index in [4.69, 9.17) is 23.4 Å². The molecule has 1 aromatic carbocycles. The van der Waals surface area contributed by atoms with E-state index in [1.165, 1.54) is 27.4 Å². The summed E-state index contributed by atoms with van der Waals surface area (Å²) in [5.74, 6) is 1.22. The van der Waals surface area contributed by atoms with Crippen molar-refractivity contribution in [2.45, 2.75) is 63.8 Å². The summed E-state index contributed by atoms with van der Waals surface area (Å²) in [6, 6.07) is 4.91. The fourth-order valence-corrected chi connectivity index (χ4v) is 6.82. The zero-order valence-electron chi connectivity index (χ0n) is 22.8. The van der Waals surface area contributed by atoms with Crippen molar-refractivity contribution < 1.29 is 38.4 Å². The van der Waals surface area contributed by atoms with Crippen molar-refractivity contribution in [2.24, 2.45) is 10.8 Å². The number of carbonyl (C=O) groups excluding carboxylic acids is 1. The minimum atomic E-state index is -1.89. The van der Waals surface area contributed by atoms with Crippen LogP contribution in [0.15, 0.2) is 39.6 Å². The molecule has 2 heterocycles. The Morgan fingerprint density at radius 3 is 2.08 bits per heavy atom. The molecule has 9 heteroatoms. The molecule has 9 nitrogen and oxygen atoms in total. The van der Waals surface area contributed by atoms with Crippen LogP contribution in [-0.4, -0.2) is 54.1 Å². The first-order valence-corrected chi connectivity index (χ1v) is 12.6. The van der Waals surface area contributed by atoms with Crippen LogP contribution in [0.1, 0.15) is 46.1 Å². The highest BCUT2D eigenvalue weighted by Crippen LogP contribution is 2.65. The van der Waals surface area contributed by atoms with Gasteiger partial charge in [-0.25, -0.2) is 4.79 Å². The molecule has 4 atom stereocenters. The molecule has 204 valence electrons. The summed E-state index contributed by atoms with van der Waals surface area (Å²) in [6.07, 6.45) is 3.38. The summed E-state index contributed by atoms with van der Waals surface area (Å²) in [5, 5.41) is 24.4. The largest absolute Gasteiger partial charge is 0.493 e. The second-order valence-corrected chi connectivity index (χ2v) is 11.4. The highest BCUT2D eigenvalue weighted by molar-refractivity contribution is 5.98. The second kappa shape index (κ2) is 8.10. The Kier molecular flexibility index (Phi) is 5.61. The van der Waals surface area contributed by atoms with Gasteiger partial charge in [0.15, 0.2) is 17.3 Å². The first kappa shape index (κ1) is 26.3. The van der Waals surface area contributed by atoms with Gasteiger partial charge < -0.3 is 33.6 Å². The molecule has 5 rings (SSSR count). The van der Waals surface area contributed by atoms with Gasteiger partial charge in [0.2, 0.25) is 5.75 Å². The Morgan fingerprint density at radius 2 is 1.50 bits per heavy atom. The number of ether oxygens (including phenoxy) is 4. The van der Waals surface area contributed by atoms with E-state index in [2.05, 4.69) is 0 Å². The van der Waals surface area contributed by atoms with Crippen molar-refractivity contribution in [3.8, 4) is 34.3 Å². The van der Waals surface area contributed by atoms with E-state index in [1.807, 2.05) is 13.8 Å². The summed E-state index contributed by atoms with van der Waals surface area (Å²) in [4.78, 5) is 26.8. The van der Waals surface area contributed by atoms with E-state index in [0.29, 0.717) is 22.8 Å². The molecule has 1 fully saturated rings. The molecule has 0 unspecified atom stereocenters. The van der Waals surface area contributed by atoms with Crippen LogP contribution in [-0.2, 0) is 11.2 Å². The summed E-state index contributed by atoms with van der Waals surface area (Å²) in [5.41, 5.74) is -7.26. The van der Waals surface area contributed by atoms with Gasteiger partial charge in [-0.2, -0.15) is 0 Å². The number of hydrogen-bond donors (Lipinski definition) is 2. The molecule has 2 aliphatic carbocycles. The SMILES string of the molecule is COc1cc(-c2cc3c(c(=O)o2)C[C@]2(O)[C@]4(C)C(=O)C=CC(C)(C)[C@]4(O)CC[C@@]2(C)O3)cc(OC)c1OC. The Balaban J connectivity index is 1.66. The van der Waals surface area contributed by atoms with E-state index in [9.17, 15) is 19.8 Å². The van der Waals surface area contributed by atoms with E-state index < -0.39 is 39.0 Å². The smallest absolute Gasteiger partial charge is 0.343 e. The van der Waals surface area contributed by atoms with Gasteiger partial charge in [0.05, 0.1) is 37.9 Å². The lowest BCUT2D eigenvalue weighted by Crippen LogP contribution is -2.81. The Morgan fingerprint density at radius 1 is 0.868 bits per heavy atom. The van der Waals surface area contributed by atoms with Crippen molar-refractivity contribution in [3.63, 3.8) is 0 Å². The molecule has 0 bridgehead atoms. The average molecular weight is 527 g/mol. The lowest BCUT2D eigenvalue weighted by atomic mass is 9.41. The maximum absolute atomic E-state index is 13.5. The quantitative estimate of drug-likeness (QED) is 0.616. The summed E-state index contributed by atoms with van der Waals surface area (Å²) in [7, 11) is 4.47. The normalized spacial score (nSPS) is 32.9. The first-order valence-electron chi connectivity index (χ1n) is 12.6. The van der Waals surface area contributed by atoms with Crippen LogP contribution in [0.4, 0.5) is 0 Å². The Hall–Kier alpha value is -3.30. The standard InChI is InChI=1S/C29H34O9/c1-25(2)9-8-22(30)27(4)28(25,32)11-10-26(3)29(27,33)15-17-19(38-26)14-18(37-24(17)31)16-12-20(34-5)23(36-7)21(13-16)35-6/h8-9,12-14,32-33H,10-11,15H2,1-7H3/t26-,27-,28-,29-/m1/s1. The highest BCUT2D eigenvalue weighted by atomic mass is 16.5. The number of benzene rings is 1. The van der Waals surface area contributed by atoms with Gasteiger partial charge >= 0.3 is 5.63 Å². The molecular formula is C29H34O9. The molecule has 1 saturated carbocycles. The molecule has 1 aliphatic heterocycles. The summed E-state index contributed by atoms with van der Waals surface area (Å²) >= 11 is 0. The van der Waals surface area contributed by atoms with Gasteiger partial charge in [0.1, 0.15) is 22.7 Å². The van der Waals surface area contributed by atoms with Crippen LogP contribution in [0.25, 0.3) is 11.3 Å². The molecule has 0 amide bonds. The molecule has 3 aliphatic rings. The second-order valence-electron chi connectivity index (χ2n) is 11.4. The van der Waals surface area contributed by atoms with Crippen molar-refractivity contribution in [1.82, 2.24) is 0 Å². The van der Waals surface area contributed by atoms with Crippen molar-refractivity contribution in [3.05, 3.63) is 46.3 Å². The van der Waals surface area contributed by atoms with E-state index >= 15 is 0 Å². The number of hydrogen-bond acceptors (Lipinski definition) is 9. The lowest BCUT2D eigenvalue weighted by molar-refractivity contribution is -0.297. The molecule has 38 heavy (non-hydrogen) atoms. The third-order valence-corrected chi connectivity index (χ3v) is 9.43. The molecular weight excluding hydrogens is 492 g/mol. The zero-order chi connectivity index (χ0) is 27.9. The summed E-state index contributed by atoms with van der Waals surface area (Å²) in [6.45, 7) is 7.00. The topological polar surface area (TPSA) is 125 Å².